The average Bonchev–Trinajstić information content (AvgIpc) is 2.79. The summed E-state index contributed by atoms with van der Waals surface area (Å²) in [5.74, 6) is -1.58. The third-order valence-corrected chi connectivity index (χ3v) is 6.66. The van der Waals surface area contributed by atoms with E-state index < -0.39 is 16.7 Å². The lowest BCUT2D eigenvalue weighted by Crippen LogP contribution is -2.40. The Kier molecular flexibility index (Phi) is 4.75. The van der Waals surface area contributed by atoms with Crippen LogP contribution < -0.4 is 4.90 Å². The number of carbonyl (C=O) groups is 2. The molecule has 1 aliphatic rings. The van der Waals surface area contributed by atoms with Crippen LogP contribution in [0.3, 0.4) is 0 Å². The Balaban J connectivity index is 1.86. The Morgan fingerprint density at radius 2 is 1.67 bits per heavy atom. The van der Waals surface area contributed by atoms with Crippen LogP contribution in [0.2, 0.25) is 0 Å². The van der Waals surface area contributed by atoms with E-state index in [1.165, 1.54) is 18.2 Å². The number of aromatic hydroxyl groups is 1. The van der Waals surface area contributed by atoms with E-state index >= 15 is 0 Å². The van der Waals surface area contributed by atoms with E-state index in [2.05, 4.69) is 15.9 Å². The van der Waals surface area contributed by atoms with Crippen LogP contribution in [0, 0.1) is 17.0 Å². The number of amides is 2. The quantitative estimate of drug-likeness (QED) is 0.210. The molecule has 4 aromatic rings. The summed E-state index contributed by atoms with van der Waals surface area (Å²) >= 11 is 3.44. The highest BCUT2D eigenvalue weighted by atomic mass is 79.9. The van der Waals surface area contributed by atoms with Gasteiger partial charge >= 0.3 is 0 Å². The first-order valence-corrected chi connectivity index (χ1v) is 10.8. The van der Waals surface area contributed by atoms with Crippen LogP contribution in [0.25, 0.3) is 21.9 Å². The number of nitro groups is 1. The molecule has 162 valence electrons. The van der Waals surface area contributed by atoms with Crippen molar-refractivity contribution in [2.75, 3.05) is 4.90 Å². The smallest absolute Gasteiger partial charge is 0.278 e. The molecule has 0 aliphatic carbocycles. The number of hydrogen-bond donors (Lipinski definition) is 1. The Labute approximate surface area is 196 Å². The lowest BCUT2D eigenvalue weighted by molar-refractivity contribution is -0.384. The first-order chi connectivity index (χ1) is 15.8. The van der Waals surface area contributed by atoms with E-state index in [0.29, 0.717) is 21.9 Å². The molecule has 1 heterocycles. The molecule has 1 N–H and O–H groups in total. The second-order valence-electron chi connectivity index (χ2n) is 7.70. The summed E-state index contributed by atoms with van der Waals surface area (Å²) in [5, 5.41) is 23.2. The van der Waals surface area contributed by atoms with Crippen molar-refractivity contribution in [3.63, 3.8) is 0 Å². The zero-order valence-corrected chi connectivity index (χ0v) is 18.8. The standard InChI is InChI=1S/C25H15BrN2O5/c1-13-11-14(9-10-18(13)26)22-15-5-4-6-16-23(15)17(12-20(22)28(32)33)25(31)27(24(16)30)19-7-2-3-8-21(19)29/h2-12,29H,1H3. The first kappa shape index (κ1) is 20.8. The fourth-order valence-corrected chi connectivity index (χ4v) is 4.52. The summed E-state index contributed by atoms with van der Waals surface area (Å²) in [6, 6.07) is 17.5. The number of hydrogen-bond acceptors (Lipinski definition) is 5. The molecule has 4 aromatic carbocycles. The molecule has 33 heavy (non-hydrogen) atoms. The van der Waals surface area contributed by atoms with Crippen LogP contribution in [0.4, 0.5) is 11.4 Å². The highest BCUT2D eigenvalue weighted by Gasteiger charge is 2.38. The van der Waals surface area contributed by atoms with Gasteiger partial charge < -0.3 is 5.11 Å². The van der Waals surface area contributed by atoms with Crippen LogP contribution >= 0.6 is 15.9 Å². The Morgan fingerprint density at radius 3 is 2.36 bits per heavy atom. The summed E-state index contributed by atoms with van der Waals surface area (Å²) in [6.07, 6.45) is 0. The van der Waals surface area contributed by atoms with Gasteiger partial charge in [0.25, 0.3) is 17.5 Å². The molecule has 0 atom stereocenters. The van der Waals surface area contributed by atoms with Gasteiger partial charge in [-0.1, -0.05) is 52.3 Å². The number of halogens is 1. The first-order valence-electron chi connectivity index (χ1n) is 9.97. The summed E-state index contributed by atoms with van der Waals surface area (Å²) in [4.78, 5) is 39.3. The monoisotopic (exact) mass is 502 g/mol. The van der Waals surface area contributed by atoms with E-state index in [9.17, 15) is 24.8 Å². The molecule has 0 unspecified atom stereocenters. The molecule has 0 bridgehead atoms. The maximum absolute atomic E-state index is 13.5. The number of imide groups is 1. The van der Waals surface area contributed by atoms with Gasteiger partial charge in [-0.3, -0.25) is 19.7 Å². The molecule has 5 rings (SSSR count). The van der Waals surface area contributed by atoms with E-state index in [1.54, 1.807) is 42.5 Å². The van der Waals surface area contributed by atoms with E-state index in [0.717, 1.165) is 14.9 Å². The maximum Gasteiger partial charge on any atom is 0.278 e. The highest BCUT2D eigenvalue weighted by molar-refractivity contribution is 9.10. The van der Waals surface area contributed by atoms with Crippen molar-refractivity contribution in [2.45, 2.75) is 6.92 Å². The zero-order valence-electron chi connectivity index (χ0n) is 17.2. The van der Waals surface area contributed by atoms with Gasteiger partial charge in [-0.25, -0.2) is 4.90 Å². The molecule has 0 saturated carbocycles. The Hall–Kier alpha value is -4.04. The molecular weight excluding hydrogens is 488 g/mol. The van der Waals surface area contributed by atoms with Crippen molar-refractivity contribution in [1.29, 1.82) is 0 Å². The summed E-state index contributed by atoms with van der Waals surface area (Å²) in [6.45, 7) is 1.88. The Bertz CT molecular complexity index is 1530. The minimum absolute atomic E-state index is 0.0189. The van der Waals surface area contributed by atoms with Gasteiger partial charge in [-0.15, -0.1) is 0 Å². The number of phenols is 1. The molecule has 2 amide bonds. The Morgan fingerprint density at radius 1 is 0.939 bits per heavy atom. The summed E-state index contributed by atoms with van der Waals surface area (Å²) in [5.41, 5.74) is 1.88. The predicted octanol–water partition coefficient (Wildman–Crippen LogP) is 5.99. The van der Waals surface area contributed by atoms with Crippen molar-refractivity contribution in [2.24, 2.45) is 0 Å². The largest absolute Gasteiger partial charge is 0.506 e. The number of aryl methyl sites for hydroxylation is 1. The fraction of sp³-hybridized carbons (Fsp3) is 0.0400. The second kappa shape index (κ2) is 7.53. The predicted molar refractivity (Wildman–Crippen MR) is 128 cm³/mol. The molecule has 0 aromatic heterocycles. The number of rotatable bonds is 3. The van der Waals surface area contributed by atoms with Crippen molar-refractivity contribution in [3.8, 4) is 16.9 Å². The number of anilines is 1. The second-order valence-corrected chi connectivity index (χ2v) is 8.56. The molecule has 7 nitrogen and oxygen atoms in total. The van der Waals surface area contributed by atoms with Gasteiger partial charge in [-0.05, 0) is 47.7 Å². The van der Waals surface area contributed by atoms with Gasteiger partial charge in [0.1, 0.15) is 5.75 Å². The van der Waals surface area contributed by atoms with E-state index in [-0.39, 0.29) is 28.3 Å². The number of para-hydroxylation sites is 2. The fourth-order valence-electron chi connectivity index (χ4n) is 4.27. The third kappa shape index (κ3) is 3.10. The number of benzene rings is 4. The maximum atomic E-state index is 13.5. The van der Waals surface area contributed by atoms with Gasteiger partial charge in [0.15, 0.2) is 0 Å². The highest BCUT2D eigenvalue weighted by Crippen LogP contribution is 2.44. The van der Waals surface area contributed by atoms with Gasteiger partial charge in [0.2, 0.25) is 0 Å². The molecule has 0 radical (unpaired) electrons. The van der Waals surface area contributed by atoms with Crippen molar-refractivity contribution in [3.05, 3.63) is 98.0 Å². The van der Waals surface area contributed by atoms with Crippen LogP contribution in [-0.4, -0.2) is 21.8 Å². The molecule has 8 heteroatoms. The molecule has 1 aliphatic heterocycles. The molecule has 0 fully saturated rings. The van der Waals surface area contributed by atoms with Crippen LogP contribution in [0.5, 0.6) is 5.75 Å². The normalized spacial score (nSPS) is 13.0. The minimum Gasteiger partial charge on any atom is -0.506 e. The molecule has 0 spiro atoms. The van der Waals surface area contributed by atoms with E-state index in [1.807, 2.05) is 13.0 Å². The topological polar surface area (TPSA) is 101 Å². The minimum atomic E-state index is -0.730. The lowest BCUT2D eigenvalue weighted by atomic mass is 9.87. The zero-order chi connectivity index (χ0) is 23.4. The third-order valence-electron chi connectivity index (χ3n) is 5.77. The number of nitrogens with zero attached hydrogens (tertiary/aromatic N) is 2. The summed E-state index contributed by atoms with van der Waals surface area (Å²) in [7, 11) is 0. The van der Waals surface area contributed by atoms with Gasteiger partial charge in [-0.2, -0.15) is 0 Å². The van der Waals surface area contributed by atoms with Crippen LogP contribution in [-0.2, 0) is 0 Å². The van der Waals surface area contributed by atoms with Gasteiger partial charge in [0.05, 0.1) is 21.7 Å². The van der Waals surface area contributed by atoms with Crippen molar-refractivity contribution in [1.82, 2.24) is 0 Å². The summed E-state index contributed by atoms with van der Waals surface area (Å²) < 4.78 is 0.861. The number of carbonyl (C=O) groups excluding carboxylic acids is 2. The van der Waals surface area contributed by atoms with E-state index in [4.69, 9.17) is 0 Å². The SMILES string of the molecule is Cc1cc(-c2c([N+](=O)[O-])cc3c4c(cccc24)C(=O)N(c2ccccc2O)C3=O)ccc1Br. The lowest BCUT2D eigenvalue weighted by Gasteiger charge is -2.28. The average molecular weight is 503 g/mol. The molecular formula is C25H15BrN2O5. The van der Waals surface area contributed by atoms with Crippen molar-refractivity contribution >= 4 is 49.9 Å². The van der Waals surface area contributed by atoms with Gasteiger partial charge in [0, 0.05) is 21.5 Å². The number of phenolic OH excluding ortho intramolecular Hbond substituents is 1. The van der Waals surface area contributed by atoms with Crippen molar-refractivity contribution < 1.29 is 19.6 Å². The van der Waals surface area contributed by atoms with Crippen LogP contribution in [0.1, 0.15) is 26.3 Å². The van der Waals surface area contributed by atoms with Crippen LogP contribution in [0.15, 0.2) is 71.2 Å². The number of nitro benzene ring substituents is 1. The molecule has 0 saturated heterocycles.